The Bertz CT molecular complexity index is 211. The summed E-state index contributed by atoms with van der Waals surface area (Å²) in [6.07, 6.45) is 5.28. The zero-order valence-corrected chi connectivity index (χ0v) is 10.8. The molecule has 0 spiro atoms. The third-order valence-electron chi connectivity index (χ3n) is 3.09. The fraction of sp³-hybridized carbons (Fsp3) is 0.909. The van der Waals surface area contributed by atoms with E-state index in [1.807, 2.05) is 18.8 Å². The molecule has 1 aliphatic heterocycles. The third-order valence-corrected chi connectivity index (χ3v) is 3.81. The van der Waals surface area contributed by atoms with Crippen LogP contribution in [0.3, 0.4) is 0 Å². The number of carbonyl (C=O) groups is 1. The lowest BCUT2D eigenvalue weighted by molar-refractivity contribution is -0.137. The van der Waals surface area contributed by atoms with Crippen LogP contribution in [0.2, 0.25) is 0 Å². The van der Waals surface area contributed by atoms with Crippen LogP contribution in [0.1, 0.15) is 26.2 Å². The molecule has 1 N–H and O–H groups in total. The number of thioether (sulfide) groups is 1. The first-order valence-corrected chi connectivity index (χ1v) is 7.10. The Kier molecular flexibility index (Phi) is 5.47. The molecule has 0 radical (unpaired) electrons. The van der Waals surface area contributed by atoms with E-state index in [4.69, 9.17) is 0 Å². The van der Waals surface area contributed by atoms with Gasteiger partial charge in [-0.25, -0.2) is 0 Å². The van der Waals surface area contributed by atoms with E-state index in [9.17, 15) is 4.79 Å². The number of likely N-dealkylation sites (N-methyl/N-ethyl adjacent to an activating group) is 1. The Hall–Kier alpha value is -0.220. The third kappa shape index (κ3) is 3.11. The molecule has 0 aromatic heterocycles. The smallest absolute Gasteiger partial charge is 0.239 e. The predicted octanol–water partition coefficient (Wildman–Crippen LogP) is 1.34. The van der Waals surface area contributed by atoms with Crippen molar-refractivity contribution in [3.05, 3.63) is 0 Å². The van der Waals surface area contributed by atoms with Crippen LogP contribution in [0.4, 0.5) is 0 Å². The lowest BCUT2D eigenvalue weighted by Crippen LogP contribution is -2.53. The second-order valence-electron chi connectivity index (χ2n) is 4.03. The van der Waals surface area contributed by atoms with Gasteiger partial charge < -0.3 is 10.2 Å². The van der Waals surface area contributed by atoms with Crippen LogP contribution in [-0.2, 0) is 4.79 Å². The van der Waals surface area contributed by atoms with Gasteiger partial charge in [0.25, 0.3) is 0 Å². The molecule has 0 saturated carbocycles. The van der Waals surface area contributed by atoms with Crippen molar-refractivity contribution in [2.45, 2.75) is 38.3 Å². The van der Waals surface area contributed by atoms with Crippen LogP contribution in [0, 0.1) is 0 Å². The maximum Gasteiger partial charge on any atom is 0.239 e. The second kappa shape index (κ2) is 6.38. The summed E-state index contributed by atoms with van der Waals surface area (Å²) in [5.41, 5.74) is 0. The van der Waals surface area contributed by atoms with E-state index >= 15 is 0 Å². The molecular formula is C11H22N2OS. The molecule has 1 saturated heterocycles. The molecule has 1 rings (SSSR count). The fourth-order valence-electron chi connectivity index (χ4n) is 2.15. The fourth-order valence-corrected chi connectivity index (χ4v) is 2.95. The topological polar surface area (TPSA) is 32.3 Å². The van der Waals surface area contributed by atoms with Gasteiger partial charge in [0.1, 0.15) is 0 Å². The van der Waals surface area contributed by atoms with E-state index in [1.54, 1.807) is 0 Å². The summed E-state index contributed by atoms with van der Waals surface area (Å²) in [7, 11) is 1.88. The average molecular weight is 230 g/mol. The van der Waals surface area contributed by atoms with Crippen molar-refractivity contribution in [3.63, 3.8) is 0 Å². The number of nitrogens with zero attached hydrogens (tertiary/aromatic N) is 1. The lowest BCUT2D eigenvalue weighted by atomic mass is 10.0. The molecule has 88 valence electrons. The highest BCUT2D eigenvalue weighted by Gasteiger charge is 2.31. The van der Waals surface area contributed by atoms with Gasteiger partial charge in [-0.05, 0) is 32.6 Å². The number of hydrogen-bond donors (Lipinski definition) is 1. The minimum absolute atomic E-state index is 0.0506. The number of rotatable bonds is 5. The van der Waals surface area contributed by atoms with E-state index in [1.165, 1.54) is 0 Å². The highest BCUT2D eigenvalue weighted by Crippen LogP contribution is 2.18. The maximum atomic E-state index is 12.1. The van der Waals surface area contributed by atoms with Gasteiger partial charge in [0.05, 0.1) is 6.04 Å². The van der Waals surface area contributed by atoms with Crippen LogP contribution in [0.15, 0.2) is 0 Å². The van der Waals surface area contributed by atoms with Crippen LogP contribution in [0.5, 0.6) is 0 Å². The van der Waals surface area contributed by atoms with Gasteiger partial charge in [0.2, 0.25) is 5.91 Å². The van der Waals surface area contributed by atoms with Crippen LogP contribution >= 0.6 is 11.8 Å². The summed E-state index contributed by atoms with van der Waals surface area (Å²) in [5, 5.41) is 3.11. The van der Waals surface area contributed by atoms with E-state index in [0.29, 0.717) is 11.9 Å². The van der Waals surface area contributed by atoms with E-state index in [-0.39, 0.29) is 6.04 Å². The molecule has 2 atom stereocenters. The summed E-state index contributed by atoms with van der Waals surface area (Å²) in [6, 6.07) is 0.471. The molecule has 15 heavy (non-hydrogen) atoms. The Balaban J connectivity index is 2.62. The largest absolute Gasteiger partial charge is 0.338 e. The SMILES string of the molecule is CCC(CSC)N1CCCC(NC)C1=O. The van der Waals surface area contributed by atoms with Gasteiger partial charge in [-0.1, -0.05) is 6.92 Å². The number of hydrogen-bond acceptors (Lipinski definition) is 3. The molecule has 1 aliphatic rings. The first kappa shape index (κ1) is 12.8. The highest BCUT2D eigenvalue weighted by atomic mass is 32.2. The first-order valence-electron chi connectivity index (χ1n) is 5.71. The van der Waals surface area contributed by atoms with Gasteiger partial charge in [-0.2, -0.15) is 11.8 Å². The van der Waals surface area contributed by atoms with Crippen molar-refractivity contribution in [2.24, 2.45) is 0 Å². The van der Waals surface area contributed by atoms with Gasteiger partial charge in [-0.15, -0.1) is 0 Å². The standard InChI is InChI=1S/C11H22N2OS/c1-4-9(8-15-3)13-7-5-6-10(12-2)11(13)14/h9-10,12H,4-8H2,1-3H3. The van der Waals surface area contributed by atoms with Gasteiger partial charge >= 0.3 is 0 Å². The molecule has 0 aromatic rings. The summed E-state index contributed by atoms with van der Waals surface area (Å²) in [5.74, 6) is 1.35. The van der Waals surface area contributed by atoms with Gasteiger partial charge in [0, 0.05) is 18.3 Å². The molecule has 4 heteroatoms. The maximum absolute atomic E-state index is 12.1. The lowest BCUT2D eigenvalue weighted by Gasteiger charge is -2.37. The molecule has 3 nitrogen and oxygen atoms in total. The quantitative estimate of drug-likeness (QED) is 0.773. The van der Waals surface area contributed by atoms with Crippen molar-refractivity contribution in [3.8, 4) is 0 Å². The number of piperidine rings is 1. The van der Waals surface area contributed by atoms with Crippen molar-refractivity contribution >= 4 is 17.7 Å². The second-order valence-corrected chi connectivity index (χ2v) is 4.94. The van der Waals surface area contributed by atoms with Crippen molar-refractivity contribution in [2.75, 3.05) is 25.6 Å². The molecule has 1 fully saturated rings. The predicted molar refractivity (Wildman–Crippen MR) is 66.3 cm³/mol. The van der Waals surface area contributed by atoms with Crippen molar-refractivity contribution in [1.29, 1.82) is 0 Å². The van der Waals surface area contributed by atoms with Gasteiger partial charge in [-0.3, -0.25) is 4.79 Å². The van der Waals surface area contributed by atoms with E-state index < -0.39 is 0 Å². The Morgan fingerprint density at radius 2 is 2.40 bits per heavy atom. The summed E-state index contributed by atoms with van der Waals surface area (Å²) >= 11 is 1.82. The molecule has 0 aromatic carbocycles. The highest BCUT2D eigenvalue weighted by molar-refractivity contribution is 7.98. The molecular weight excluding hydrogens is 208 g/mol. The van der Waals surface area contributed by atoms with Crippen molar-refractivity contribution < 1.29 is 4.79 Å². The van der Waals surface area contributed by atoms with Crippen molar-refractivity contribution in [1.82, 2.24) is 10.2 Å². The number of amides is 1. The normalized spacial score (nSPS) is 24.3. The van der Waals surface area contributed by atoms with Crippen LogP contribution in [0.25, 0.3) is 0 Å². The monoisotopic (exact) mass is 230 g/mol. The van der Waals surface area contributed by atoms with E-state index in [2.05, 4.69) is 23.4 Å². The van der Waals surface area contributed by atoms with E-state index in [0.717, 1.165) is 31.6 Å². The minimum Gasteiger partial charge on any atom is -0.338 e. The molecule has 0 aliphatic carbocycles. The average Bonchev–Trinajstić information content (AvgIpc) is 2.27. The number of nitrogens with one attached hydrogen (secondary N) is 1. The molecule has 1 amide bonds. The number of carbonyl (C=O) groups excluding carboxylic acids is 1. The Morgan fingerprint density at radius 1 is 1.67 bits per heavy atom. The minimum atomic E-state index is 0.0506. The van der Waals surface area contributed by atoms with Gasteiger partial charge in [0.15, 0.2) is 0 Å². The van der Waals surface area contributed by atoms with Crippen LogP contribution < -0.4 is 5.32 Å². The Morgan fingerprint density at radius 3 is 2.93 bits per heavy atom. The molecule has 1 heterocycles. The summed E-state index contributed by atoms with van der Waals surface area (Å²) in [6.45, 7) is 3.10. The summed E-state index contributed by atoms with van der Waals surface area (Å²) < 4.78 is 0. The Labute approximate surface area is 97.0 Å². The molecule has 2 unspecified atom stereocenters. The zero-order valence-electron chi connectivity index (χ0n) is 9.95. The van der Waals surface area contributed by atoms with Crippen LogP contribution in [-0.4, -0.2) is 48.5 Å². The zero-order chi connectivity index (χ0) is 11.3. The first-order chi connectivity index (χ1) is 7.24. The summed E-state index contributed by atoms with van der Waals surface area (Å²) in [4.78, 5) is 14.2. The molecule has 0 bridgehead atoms. The number of likely N-dealkylation sites (tertiary alicyclic amines) is 1.